The molecule has 1 aromatic rings. The van der Waals surface area contributed by atoms with Crippen molar-refractivity contribution < 1.29 is 4.79 Å². The molecule has 0 radical (unpaired) electrons. The van der Waals surface area contributed by atoms with Crippen molar-refractivity contribution in [1.29, 1.82) is 0 Å². The molecule has 2 rings (SSSR count). The molecule has 1 saturated heterocycles. The predicted molar refractivity (Wildman–Crippen MR) is 61.6 cm³/mol. The number of aromatic nitrogens is 1. The van der Waals surface area contributed by atoms with E-state index in [0.29, 0.717) is 5.82 Å². The Hall–Kier alpha value is -0.940. The lowest BCUT2D eigenvalue weighted by Crippen LogP contribution is -2.35. The minimum Gasteiger partial charge on any atom is -0.308 e. The van der Waals surface area contributed by atoms with Crippen LogP contribution in [0.4, 0.5) is 5.82 Å². The number of pyridine rings is 1. The van der Waals surface area contributed by atoms with Gasteiger partial charge < -0.3 is 10.6 Å². The van der Waals surface area contributed by atoms with Gasteiger partial charge >= 0.3 is 0 Å². The molecule has 1 aliphatic heterocycles. The highest BCUT2D eigenvalue weighted by Crippen LogP contribution is 2.19. The van der Waals surface area contributed by atoms with E-state index in [9.17, 15) is 4.79 Å². The van der Waals surface area contributed by atoms with Crippen LogP contribution in [0, 0.1) is 0 Å². The standard InChI is InChI=1S/C10H12BrN3O/c11-7-3-1-6-13-9(7)14-10(15)8-4-2-5-12-8/h1,3,6,8,12H,2,4-5H2,(H,13,14,15)/t8-/m1/s1. The molecule has 2 N–H and O–H groups in total. The van der Waals surface area contributed by atoms with Crippen LogP contribution in [0.2, 0.25) is 0 Å². The van der Waals surface area contributed by atoms with Gasteiger partial charge in [0.2, 0.25) is 5.91 Å². The maximum atomic E-state index is 11.7. The second-order valence-electron chi connectivity index (χ2n) is 3.47. The SMILES string of the molecule is O=C(Nc1ncccc1Br)[C@H]1CCCN1. The summed E-state index contributed by atoms with van der Waals surface area (Å²) < 4.78 is 0.802. The highest BCUT2D eigenvalue weighted by molar-refractivity contribution is 9.10. The molecule has 80 valence electrons. The summed E-state index contributed by atoms with van der Waals surface area (Å²) in [7, 11) is 0. The first-order valence-electron chi connectivity index (χ1n) is 4.92. The Labute approximate surface area is 96.6 Å². The quantitative estimate of drug-likeness (QED) is 0.857. The molecule has 0 aromatic carbocycles. The van der Waals surface area contributed by atoms with Crippen LogP contribution in [0.15, 0.2) is 22.8 Å². The van der Waals surface area contributed by atoms with Gasteiger partial charge in [-0.25, -0.2) is 4.98 Å². The summed E-state index contributed by atoms with van der Waals surface area (Å²) >= 11 is 3.34. The van der Waals surface area contributed by atoms with Gasteiger partial charge in [-0.2, -0.15) is 0 Å². The molecule has 1 aromatic heterocycles. The number of hydrogen-bond acceptors (Lipinski definition) is 3. The number of halogens is 1. The fraction of sp³-hybridized carbons (Fsp3) is 0.400. The van der Waals surface area contributed by atoms with E-state index >= 15 is 0 Å². The lowest BCUT2D eigenvalue weighted by molar-refractivity contribution is -0.117. The molecule has 0 aliphatic carbocycles. The van der Waals surface area contributed by atoms with E-state index in [0.717, 1.165) is 23.9 Å². The minimum atomic E-state index is -0.0705. The summed E-state index contributed by atoms with van der Waals surface area (Å²) in [5, 5.41) is 5.93. The average molecular weight is 270 g/mol. The van der Waals surface area contributed by atoms with Crippen molar-refractivity contribution in [2.24, 2.45) is 0 Å². The van der Waals surface area contributed by atoms with Gasteiger partial charge in [0.05, 0.1) is 10.5 Å². The first kappa shape index (κ1) is 10.6. The Morgan fingerprint density at radius 3 is 3.20 bits per heavy atom. The monoisotopic (exact) mass is 269 g/mol. The van der Waals surface area contributed by atoms with E-state index in [1.165, 1.54) is 0 Å². The lowest BCUT2D eigenvalue weighted by atomic mass is 10.2. The van der Waals surface area contributed by atoms with Gasteiger partial charge in [-0.3, -0.25) is 4.79 Å². The summed E-state index contributed by atoms with van der Waals surface area (Å²) in [6.45, 7) is 0.918. The molecule has 0 spiro atoms. The molecule has 0 unspecified atom stereocenters. The van der Waals surface area contributed by atoms with Crippen LogP contribution in [-0.4, -0.2) is 23.5 Å². The van der Waals surface area contributed by atoms with E-state index < -0.39 is 0 Å². The number of carbonyl (C=O) groups excluding carboxylic acids is 1. The normalized spacial score (nSPS) is 20.2. The third-order valence-corrected chi connectivity index (χ3v) is 3.02. The van der Waals surface area contributed by atoms with Gasteiger partial charge in [0.15, 0.2) is 0 Å². The molecular weight excluding hydrogens is 258 g/mol. The Balaban J connectivity index is 2.02. The summed E-state index contributed by atoms with van der Waals surface area (Å²) in [5.74, 6) is 0.572. The zero-order chi connectivity index (χ0) is 10.7. The van der Waals surface area contributed by atoms with Gasteiger partial charge in [-0.15, -0.1) is 0 Å². The van der Waals surface area contributed by atoms with Crippen LogP contribution in [0.5, 0.6) is 0 Å². The largest absolute Gasteiger partial charge is 0.308 e. The van der Waals surface area contributed by atoms with Crippen molar-refractivity contribution in [2.45, 2.75) is 18.9 Å². The second-order valence-corrected chi connectivity index (χ2v) is 4.33. The zero-order valence-corrected chi connectivity index (χ0v) is 9.75. The molecule has 1 aliphatic rings. The van der Waals surface area contributed by atoms with Crippen LogP contribution in [0.1, 0.15) is 12.8 Å². The van der Waals surface area contributed by atoms with Crippen molar-refractivity contribution in [2.75, 3.05) is 11.9 Å². The van der Waals surface area contributed by atoms with Crippen molar-refractivity contribution in [3.05, 3.63) is 22.8 Å². The highest BCUT2D eigenvalue weighted by Gasteiger charge is 2.22. The fourth-order valence-electron chi connectivity index (χ4n) is 1.59. The molecular formula is C10H12BrN3O. The summed E-state index contributed by atoms with van der Waals surface area (Å²) in [6, 6.07) is 3.59. The third kappa shape index (κ3) is 2.54. The van der Waals surface area contributed by atoms with E-state index in [2.05, 4.69) is 31.5 Å². The lowest BCUT2D eigenvalue weighted by Gasteiger charge is -2.10. The molecule has 0 bridgehead atoms. The van der Waals surface area contributed by atoms with Crippen LogP contribution < -0.4 is 10.6 Å². The number of rotatable bonds is 2. The zero-order valence-electron chi connectivity index (χ0n) is 8.16. The smallest absolute Gasteiger partial charge is 0.242 e. The van der Waals surface area contributed by atoms with E-state index in [4.69, 9.17) is 0 Å². The molecule has 1 atom stereocenters. The Kier molecular flexibility index (Phi) is 3.33. The van der Waals surface area contributed by atoms with Gasteiger partial charge in [-0.05, 0) is 47.4 Å². The molecule has 4 nitrogen and oxygen atoms in total. The molecule has 15 heavy (non-hydrogen) atoms. The van der Waals surface area contributed by atoms with Gasteiger partial charge in [0.25, 0.3) is 0 Å². The van der Waals surface area contributed by atoms with Crippen LogP contribution >= 0.6 is 15.9 Å². The van der Waals surface area contributed by atoms with Crippen LogP contribution in [0.25, 0.3) is 0 Å². The molecule has 2 heterocycles. The number of nitrogens with zero attached hydrogens (tertiary/aromatic N) is 1. The molecule has 1 fully saturated rings. The van der Waals surface area contributed by atoms with E-state index in [1.807, 2.05) is 12.1 Å². The van der Waals surface area contributed by atoms with Crippen LogP contribution in [-0.2, 0) is 4.79 Å². The third-order valence-electron chi connectivity index (χ3n) is 2.38. The number of carbonyl (C=O) groups is 1. The summed E-state index contributed by atoms with van der Waals surface area (Å²) in [4.78, 5) is 15.8. The highest BCUT2D eigenvalue weighted by atomic mass is 79.9. The predicted octanol–water partition coefficient (Wildman–Crippen LogP) is 1.53. The van der Waals surface area contributed by atoms with Crippen molar-refractivity contribution in [3.63, 3.8) is 0 Å². The summed E-state index contributed by atoms with van der Waals surface area (Å²) in [6.07, 6.45) is 3.61. The first-order valence-corrected chi connectivity index (χ1v) is 5.71. The Morgan fingerprint density at radius 2 is 2.53 bits per heavy atom. The van der Waals surface area contributed by atoms with Crippen molar-refractivity contribution in [3.8, 4) is 0 Å². The second kappa shape index (κ2) is 4.72. The van der Waals surface area contributed by atoms with Gasteiger partial charge in [0, 0.05) is 6.20 Å². The van der Waals surface area contributed by atoms with Gasteiger partial charge in [0.1, 0.15) is 5.82 Å². The number of amides is 1. The maximum absolute atomic E-state index is 11.7. The number of nitrogens with one attached hydrogen (secondary N) is 2. The topological polar surface area (TPSA) is 54.0 Å². The number of anilines is 1. The molecule has 5 heteroatoms. The summed E-state index contributed by atoms with van der Waals surface area (Å²) in [5.41, 5.74) is 0. The van der Waals surface area contributed by atoms with Crippen molar-refractivity contribution in [1.82, 2.24) is 10.3 Å². The maximum Gasteiger partial charge on any atom is 0.242 e. The Morgan fingerprint density at radius 1 is 1.67 bits per heavy atom. The fourth-order valence-corrected chi connectivity index (χ4v) is 1.94. The van der Waals surface area contributed by atoms with E-state index in [-0.39, 0.29) is 11.9 Å². The van der Waals surface area contributed by atoms with E-state index in [1.54, 1.807) is 6.20 Å². The minimum absolute atomic E-state index is 0.00750. The molecule has 0 saturated carbocycles. The van der Waals surface area contributed by atoms with Crippen molar-refractivity contribution >= 4 is 27.7 Å². The average Bonchev–Trinajstić information content (AvgIpc) is 2.74. The Bertz CT molecular complexity index is 363. The molecule has 1 amide bonds. The number of hydrogen-bond donors (Lipinski definition) is 2. The van der Waals surface area contributed by atoms with Crippen LogP contribution in [0.3, 0.4) is 0 Å². The first-order chi connectivity index (χ1) is 7.27. The van der Waals surface area contributed by atoms with Gasteiger partial charge in [-0.1, -0.05) is 0 Å².